The van der Waals surface area contributed by atoms with Gasteiger partial charge in [0.1, 0.15) is 23.7 Å². The Balaban J connectivity index is 1.43. The number of hydrogen-bond acceptors (Lipinski definition) is 2. The van der Waals surface area contributed by atoms with Crippen molar-refractivity contribution in [3.05, 3.63) is 146 Å². The molecule has 158 valence electrons. The van der Waals surface area contributed by atoms with Crippen LogP contribution < -0.4 is 9.47 Å². The van der Waals surface area contributed by atoms with Gasteiger partial charge in [0.25, 0.3) is 0 Å². The van der Waals surface area contributed by atoms with E-state index in [0.29, 0.717) is 0 Å². The van der Waals surface area contributed by atoms with Crippen LogP contribution in [0.2, 0.25) is 0 Å². The van der Waals surface area contributed by atoms with Crippen molar-refractivity contribution in [2.45, 2.75) is 12.2 Å². The lowest BCUT2D eigenvalue weighted by atomic mass is 10.1. The maximum Gasteiger partial charge on any atom is 0.142 e. The molecule has 0 bridgehead atoms. The molecule has 0 aliphatic heterocycles. The Morgan fingerprint density at radius 3 is 1.12 bits per heavy atom. The molecule has 0 fully saturated rings. The molecular weight excluding hydrogens is 392 g/mol. The predicted molar refractivity (Wildman–Crippen MR) is 132 cm³/mol. The quantitative estimate of drug-likeness (QED) is 0.257. The van der Waals surface area contributed by atoms with Crippen LogP contribution in [0.4, 0.5) is 0 Å². The molecule has 0 spiro atoms. The first-order valence-electron chi connectivity index (χ1n) is 10.7. The lowest BCUT2D eigenvalue weighted by Crippen LogP contribution is -2.04. The molecule has 0 radical (unpaired) electrons. The Morgan fingerprint density at radius 1 is 0.469 bits per heavy atom. The minimum Gasteiger partial charge on any atom is -0.482 e. The number of hydrogen-bond donors (Lipinski definition) is 0. The van der Waals surface area contributed by atoms with E-state index in [0.717, 1.165) is 33.8 Å². The highest BCUT2D eigenvalue weighted by atomic mass is 16.5. The fourth-order valence-electron chi connectivity index (χ4n) is 3.54. The zero-order chi connectivity index (χ0) is 22.2. The molecule has 2 atom stereocenters. The Labute approximate surface area is 190 Å². The number of benzene rings is 4. The third kappa shape index (κ3) is 5.16. The highest BCUT2D eigenvalue weighted by Crippen LogP contribution is 2.29. The zero-order valence-electron chi connectivity index (χ0n) is 17.9. The predicted octanol–water partition coefficient (Wildman–Crippen LogP) is 7.97. The van der Waals surface area contributed by atoms with Crippen molar-refractivity contribution in [2.24, 2.45) is 0 Å². The summed E-state index contributed by atoms with van der Waals surface area (Å²) in [6, 6.07) is 36.4. The van der Waals surface area contributed by atoms with Crippen LogP contribution in [0, 0.1) is 0 Å². The summed E-state index contributed by atoms with van der Waals surface area (Å²) in [6.45, 7) is 7.82. The van der Waals surface area contributed by atoms with Gasteiger partial charge >= 0.3 is 0 Å². The molecule has 4 aromatic carbocycles. The smallest absolute Gasteiger partial charge is 0.142 e. The normalized spacial score (nSPS) is 12.4. The van der Waals surface area contributed by atoms with Gasteiger partial charge in [0.05, 0.1) is 0 Å². The van der Waals surface area contributed by atoms with Crippen molar-refractivity contribution in [1.29, 1.82) is 0 Å². The molecule has 2 heteroatoms. The van der Waals surface area contributed by atoms with Gasteiger partial charge in [0, 0.05) is 0 Å². The van der Waals surface area contributed by atoms with Crippen LogP contribution in [0.5, 0.6) is 11.5 Å². The fourth-order valence-corrected chi connectivity index (χ4v) is 3.54. The molecule has 0 saturated carbocycles. The topological polar surface area (TPSA) is 18.5 Å². The van der Waals surface area contributed by atoms with Gasteiger partial charge in [0.2, 0.25) is 0 Å². The molecule has 2 nitrogen and oxygen atoms in total. The average Bonchev–Trinajstić information content (AvgIpc) is 2.87. The molecule has 0 aromatic heterocycles. The number of ether oxygens (including phenoxy) is 2. The highest BCUT2D eigenvalue weighted by molar-refractivity contribution is 5.65. The van der Waals surface area contributed by atoms with Gasteiger partial charge in [-0.2, -0.15) is 0 Å². The third-order valence-corrected chi connectivity index (χ3v) is 5.25. The molecule has 0 aliphatic rings. The minimum absolute atomic E-state index is 0.180. The van der Waals surface area contributed by atoms with E-state index in [-0.39, 0.29) is 12.2 Å². The van der Waals surface area contributed by atoms with Gasteiger partial charge < -0.3 is 9.47 Å². The van der Waals surface area contributed by atoms with Gasteiger partial charge in [-0.25, -0.2) is 0 Å². The van der Waals surface area contributed by atoms with Gasteiger partial charge in [-0.1, -0.05) is 98.1 Å². The van der Waals surface area contributed by atoms with Gasteiger partial charge in [-0.15, -0.1) is 0 Å². The average molecular weight is 419 g/mol. The van der Waals surface area contributed by atoms with Crippen molar-refractivity contribution in [1.82, 2.24) is 0 Å². The van der Waals surface area contributed by atoms with Crippen molar-refractivity contribution in [3.63, 3.8) is 0 Å². The van der Waals surface area contributed by atoms with Crippen LogP contribution in [0.15, 0.2) is 135 Å². The Bertz CT molecular complexity index is 1040. The first kappa shape index (κ1) is 21.2. The van der Waals surface area contributed by atoms with E-state index in [1.165, 1.54) is 0 Å². The summed E-state index contributed by atoms with van der Waals surface area (Å²) in [6.07, 6.45) is 3.27. The summed E-state index contributed by atoms with van der Waals surface area (Å²) in [5.41, 5.74) is 4.38. The van der Waals surface area contributed by atoms with Crippen LogP contribution in [-0.2, 0) is 0 Å². The largest absolute Gasteiger partial charge is 0.482 e. The molecule has 0 aliphatic carbocycles. The van der Waals surface area contributed by atoms with Crippen LogP contribution in [-0.4, -0.2) is 0 Å². The van der Waals surface area contributed by atoms with Gasteiger partial charge in [-0.3, -0.25) is 0 Å². The summed E-state index contributed by atoms with van der Waals surface area (Å²) in [7, 11) is 0. The van der Waals surface area contributed by atoms with Crippen LogP contribution in [0.25, 0.3) is 11.1 Å². The molecule has 0 saturated heterocycles. The van der Waals surface area contributed by atoms with Crippen LogP contribution in [0.1, 0.15) is 23.3 Å². The molecule has 4 aromatic rings. The lowest BCUT2D eigenvalue weighted by molar-refractivity contribution is 0.255. The van der Waals surface area contributed by atoms with E-state index in [9.17, 15) is 0 Å². The molecule has 32 heavy (non-hydrogen) atoms. The summed E-state index contributed by atoms with van der Waals surface area (Å²) in [4.78, 5) is 0. The third-order valence-electron chi connectivity index (χ3n) is 5.25. The molecule has 0 heterocycles. The summed E-state index contributed by atoms with van der Waals surface area (Å²) < 4.78 is 12.2. The standard InChI is InChI=1S/C30H26O2/c1-3-29(25-11-7-5-8-12-25)31-27-19-15-23(16-20-27)24-17-21-28(22-18-24)32-30(4-2)26-13-9-6-10-14-26/h3-22,29-30H,1-2H2. The van der Waals surface area contributed by atoms with Crippen molar-refractivity contribution < 1.29 is 9.47 Å². The Hall–Kier alpha value is -4.04. The molecule has 0 N–H and O–H groups in total. The van der Waals surface area contributed by atoms with E-state index in [2.05, 4.69) is 37.4 Å². The second-order valence-electron chi connectivity index (χ2n) is 7.42. The Kier molecular flexibility index (Phi) is 6.84. The first-order chi connectivity index (χ1) is 15.8. The maximum absolute atomic E-state index is 6.11. The monoisotopic (exact) mass is 418 g/mol. The van der Waals surface area contributed by atoms with Crippen molar-refractivity contribution in [2.75, 3.05) is 0 Å². The fraction of sp³-hybridized carbons (Fsp3) is 0.0667. The van der Waals surface area contributed by atoms with E-state index >= 15 is 0 Å². The zero-order valence-corrected chi connectivity index (χ0v) is 17.9. The molecule has 2 unspecified atom stereocenters. The molecule has 0 amide bonds. The highest BCUT2D eigenvalue weighted by Gasteiger charge is 2.10. The van der Waals surface area contributed by atoms with E-state index in [1.54, 1.807) is 0 Å². The second kappa shape index (κ2) is 10.3. The van der Waals surface area contributed by atoms with Crippen molar-refractivity contribution in [3.8, 4) is 22.6 Å². The van der Waals surface area contributed by atoms with E-state index in [1.807, 2.05) is 97.1 Å². The summed E-state index contributed by atoms with van der Waals surface area (Å²) >= 11 is 0. The number of rotatable bonds is 9. The summed E-state index contributed by atoms with van der Waals surface area (Å²) in [5, 5.41) is 0. The Morgan fingerprint density at radius 2 is 0.812 bits per heavy atom. The van der Waals surface area contributed by atoms with E-state index in [4.69, 9.17) is 9.47 Å². The maximum atomic E-state index is 6.11. The molecular formula is C30H26O2. The minimum atomic E-state index is -0.180. The van der Waals surface area contributed by atoms with Gasteiger partial charge in [0.15, 0.2) is 0 Å². The second-order valence-corrected chi connectivity index (χ2v) is 7.42. The lowest BCUT2D eigenvalue weighted by Gasteiger charge is -2.17. The van der Waals surface area contributed by atoms with Gasteiger partial charge in [-0.05, 0) is 58.7 Å². The van der Waals surface area contributed by atoms with E-state index < -0.39 is 0 Å². The van der Waals surface area contributed by atoms with Crippen LogP contribution >= 0.6 is 0 Å². The van der Waals surface area contributed by atoms with Crippen molar-refractivity contribution >= 4 is 0 Å². The molecule has 4 rings (SSSR count). The SMILES string of the molecule is C=CC(Oc1ccc(-c2ccc(OC(C=C)c3ccccc3)cc2)cc1)c1ccccc1. The van der Waals surface area contributed by atoms with Crippen LogP contribution in [0.3, 0.4) is 0 Å². The summed E-state index contributed by atoms with van der Waals surface area (Å²) in [5.74, 6) is 1.61. The first-order valence-corrected chi connectivity index (χ1v) is 10.7.